The number of para-hydroxylation sites is 5. The van der Waals surface area contributed by atoms with Crippen molar-refractivity contribution in [2.24, 2.45) is 0 Å². The lowest BCUT2D eigenvalue weighted by atomic mass is 10.0. The minimum atomic E-state index is -0.754. The lowest BCUT2D eigenvalue weighted by Gasteiger charge is -2.12. The van der Waals surface area contributed by atoms with E-state index in [1.165, 1.54) is 0 Å². The van der Waals surface area contributed by atoms with Crippen molar-refractivity contribution in [2.75, 3.05) is 0 Å². The van der Waals surface area contributed by atoms with Crippen LogP contribution in [0.15, 0.2) is 192 Å². The van der Waals surface area contributed by atoms with Crippen LogP contribution in [-0.2, 0) is 0 Å². The van der Waals surface area contributed by atoms with Crippen molar-refractivity contribution in [2.45, 2.75) is 0 Å². The van der Waals surface area contributed by atoms with Crippen LogP contribution in [0.5, 0.6) is 0 Å². The molecule has 0 aliphatic heterocycles. The summed E-state index contributed by atoms with van der Waals surface area (Å²) in [7, 11) is 0. The molecular weight excluding hydrogens is 699 g/mol. The van der Waals surface area contributed by atoms with Crippen LogP contribution in [0.25, 0.3) is 111 Å². The van der Waals surface area contributed by atoms with Crippen LogP contribution in [0.3, 0.4) is 0 Å². The van der Waals surface area contributed by atoms with Crippen LogP contribution in [0.4, 0.5) is 0 Å². The lowest BCUT2D eigenvalue weighted by Crippen LogP contribution is -2.06. The minimum Gasteiger partial charge on any atom is -0.456 e. The molecular formula is C51H31N5O. The summed E-state index contributed by atoms with van der Waals surface area (Å²) < 4.78 is 154. The van der Waals surface area contributed by atoms with Gasteiger partial charge in [-0.2, -0.15) is 9.97 Å². The zero-order valence-electron chi connectivity index (χ0n) is 45.3. The molecule has 0 aliphatic rings. The van der Waals surface area contributed by atoms with Crippen LogP contribution < -0.4 is 0 Å². The Morgan fingerprint density at radius 1 is 0.404 bits per heavy atom. The van der Waals surface area contributed by atoms with Gasteiger partial charge in [0.05, 0.1) is 44.0 Å². The number of nitrogens with zero attached hydrogens (tertiary/aromatic N) is 5. The SMILES string of the molecule is [2H]c1c([2H])c(-c2c([2H])c([2H])c(-c3nc(-c4ccc5c(c4)oc4ccccc45)nc(-n4c5c([2H])c([2H])c([2H])c([2H])c5c5c([2H])c([2H])c([2H])c([2H])c54)n3)c([2H])c2[2H])c([2H])c(-n2c3ccccc3c3ccccc32)c1[2H]. The molecule has 0 atom stereocenters. The average molecular weight is 746 g/mol. The molecule has 0 amide bonds. The summed E-state index contributed by atoms with van der Waals surface area (Å²) in [6, 6.07) is 16.4. The van der Waals surface area contributed by atoms with E-state index < -0.39 is 125 Å². The van der Waals surface area contributed by atoms with Gasteiger partial charge in [0.1, 0.15) is 11.2 Å². The highest BCUT2D eigenvalue weighted by atomic mass is 16.3. The van der Waals surface area contributed by atoms with Crippen molar-refractivity contribution in [3.63, 3.8) is 0 Å². The normalized spacial score (nSPS) is 15.8. The first kappa shape index (κ1) is 19.7. The zero-order chi connectivity index (χ0) is 51.4. The molecule has 12 rings (SSSR count). The number of aromatic nitrogens is 5. The second-order valence-electron chi connectivity index (χ2n) is 13.2. The minimum absolute atomic E-state index is 0.121. The summed E-state index contributed by atoms with van der Waals surface area (Å²) in [5.41, 5.74) is 0.176. The van der Waals surface area contributed by atoms with Gasteiger partial charge in [0.25, 0.3) is 0 Å². The van der Waals surface area contributed by atoms with Crippen LogP contribution in [0.1, 0.15) is 21.9 Å². The van der Waals surface area contributed by atoms with Gasteiger partial charge in [-0.15, -0.1) is 0 Å². The fourth-order valence-corrected chi connectivity index (χ4v) is 7.47. The third kappa shape index (κ3) is 4.94. The van der Waals surface area contributed by atoms with Gasteiger partial charge in [-0.05, 0) is 65.6 Å². The quantitative estimate of drug-likeness (QED) is 0.176. The molecule has 0 fully saturated rings. The maximum atomic E-state index is 9.63. The molecule has 0 spiro atoms. The molecule has 0 bridgehead atoms. The highest BCUT2D eigenvalue weighted by Gasteiger charge is 2.19. The van der Waals surface area contributed by atoms with Gasteiger partial charge in [0, 0.05) is 49.1 Å². The van der Waals surface area contributed by atoms with E-state index >= 15 is 0 Å². The van der Waals surface area contributed by atoms with E-state index in [9.17, 15) is 6.85 Å². The Morgan fingerprint density at radius 2 is 1.00 bits per heavy atom. The zero-order valence-corrected chi connectivity index (χ0v) is 29.3. The molecule has 266 valence electrons. The molecule has 0 unspecified atom stereocenters. The van der Waals surface area contributed by atoms with E-state index in [1.807, 2.05) is 42.5 Å². The summed E-state index contributed by atoms with van der Waals surface area (Å²) in [5, 5.41) is 2.57. The van der Waals surface area contributed by atoms with Gasteiger partial charge in [-0.1, -0.05) is 133 Å². The molecule has 8 aromatic carbocycles. The van der Waals surface area contributed by atoms with Crippen LogP contribution in [-0.4, -0.2) is 24.1 Å². The van der Waals surface area contributed by atoms with Crippen molar-refractivity contribution >= 4 is 65.6 Å². The van der Waals surface area contributed by atoms with Crippen LogP contribution in [0.2, 0.25) is 0 Å². The molecule has 6 heteroatoms. The van der Waals surface area contributed by atoms with Gasteiger partial charge in [-0.3, -0.25) is 4.57 Å². The molecule has 0 saturated heterocycles. The van der Waals surface area contributed by atoms with Crippen molar-refractivity contribution in [3.05, 3.63) is 188 Å². The van der Waals surface area contributed by atoms with Crippen molar-refractivity contribution < 1.29 is 26.3 Å². The van der Waals surface area contributed by atoms with Crippen LogP contribution in [0, 0.1) is 0 Å². The Hall–Kier alpha value is -7.83. The lowest BCUT2D eigenvalue weighted by molar-refractivity contribution is 0.669. The first-order valence-electron chi connectivity index (χ1n) is 25.8. The summed E-state index contributed by atoms with van der Waals surface area (Å²) in [4.78, 5) is 14.1. The van der Waals surface area contributed by atoms with E-state index in [-0.39, 0.29) is 38.9 Å². The summed E-state index contributed by atoms with van der Waals surface area (Å²) >= 11 is 0. The van der Waals surface area contributed by atoms with Crippen LogP contribution >= 0.6 is 0 Å². The maximum absolute atomic E-state index is 9.63. The van der Waals surface area contributed by atoms with Gasteiger partial charge in [-0.25, -0.2) is 4.98 Å². The van der Waals surface area contributed by atoms with Crippen molar-refractivity contribution in [1.29, 1.82) is 0 Å². The van der Waals surface area contributed by atoms with E-state index in [0.717, 1.165) is 26.1 Å². The molecule has 4 heterocycles. The molecule has 6 nitrogen and oxygen atoms in total. The molecule has 57 heavy (non-hydrogen) atoms. The van der Waals surface area contributed by atoms with Crippen molar-refractivity contribution in [1.82, 2.24) is 24.1 Å². The third-order valence-electron chi connectivity index (χ3n) is 10.0. The topological polar surface area (TPSA) is 61.7 Å². The molecule has 0 saturated carbocycles. The Labute approximate surface area is 349 Å². The molecule has 12 aromatic rings. The molecule has 0 N–H and O–H groups in total. The number of hydrogen-bond donors (Lipinski definition) is 0. The van der Waals surface area contributed by atoms with E-state index in [4.69, 9.17) is 29.5 Å². The largest absolute Gasteiger partial charge is 0.456 e. The Bertz CT molecular complexity index is 4330. The standard InChI is InChI=1S/C51H31N5O/c1-6-19-43-37(14-1)38-15-2-7-20-44(38)55(43)36-13-11-12-34(30-36)32-24-26-33(27-25-32)49-52-50(35-28-29-42-41-18-5-10-23-47(41)57-48(42)31-35)54-51(53-49)56-45-21-8-3-16-39(45)40-17-4-9-22-46(40)56/h1-31H/i3D,4D,8D,9D,11D,12D,13D,16D,17D,21D,22D,24D,25D,26D,27D,30D. The predicted octanol–water partition coefficient (Wildman–Crippen LogP) is 13.0. The smallest absolute Gasteiger partial charge is 0.238 e. The van der Waals surface area contributed by atoms with Crippen molar-refractivity contribution in [3.8, 4) is 45.5 Å². The molecule has 4 aromatic heterocycles. The van der Waals surface area contributed by atoms with E-state index in [2.05, 4.69) is 4.98 Å². The van der Waals surface area contributed by atoms with Gasteiger partial charge in [0.15, 0.2) is 11.6 Å². The Balaban J connectivity index is 1.16. The number of fused-ring (bicyclic) bond motifs is 9. The Morgan fingerprint density at radius 3 is 1.72 bits per heavy atom. The van der Waals surface area contributed by atoms with E-state index in [1.54, 1.807) is 53.1 Å². The number of hydrogen-bond acceptors (Lipinski definition) is 4. The fourth-order valence-electron chi connectivity index (χ4n) is 7.47. The maximum Gasteiger partial charge on any atom is 0.238 e. The predicted molar refractivity (Wildman–Crippen MR) is 232 cm³/mol. The first-order chi connectivity index (χ1) is 34.9. The number of furan rings is 1. The van der Waals surface area contributed by atoms with E-state index in [0.29, 0.717) is 22.2 Å². The van der Waals surface area contributed by atoms with Gasteiger partial charge >= 0.3 is 0 Å². The average Bonchev–Trinajstić information content (AvgIpc) is 4.07. The summed E-state index contributed by atoms with van der Waals surface area (Å²) in [6.45, 7) is 0. The monoisotopic (exact) mass is 745 g/mol. The molecule has 0 aliphatic carbocycles. The highest BCUT2D eigenvalue weighted by molar-refractivity contribution is 6.10. The summed E-state index contributed by atoms with van der Waals surface area (Å²) in [5.74, 6) is -1.17. The number of rotatable bonds is 5. The van der Waals surface area contributed by atoms with Gasteiger partial charge < -0.3 is 8.98 Å². The number of benzene rings is 8. The fraction of sp³-hybridized carbons (Fsp3) is 0. The second kappa shape index (κ2) is 12.3. The highest BCUT2D eigenvalue weighted by Crippen LogP contribution is 2.36. The van der Waals surface area contributed by atoms with Gasteiger partial charge in [0.2, 0.25) is 5.95 Å². The Kier molecular flexibility index (Phi) is 4.26. The molecule has 0 radical (unpaired) electrons. The third-order valence-corrected chi connectivity index (χ3v) is 10.0. The first-order valence-corrected chi connectivity index (χ1v) is 17.8. The second-order valence-corrected chi connectivity index (χ2v) is 13.2. The summed E-state index contributed by atoms with van der Waals surface area (Å²) in [6.07, 6.45) is 0.